The highest BCUT2D eigenvalue weighted by atomic mass is 79.9. The summed E-state index contributed by atoms with van der Waals surface area (Å²) in [6, 6.07) is 15.0. The largest absolute Gasteiger partial charge is 0.371 e. The van der Waals surface area contributed by atoms with Crippen LogP contribution in [0.5, 0.6) is 0 Å². The van der Waals surface area contributed by atoms with Gasteiger partial charge in [-0.1, -0.05) is 57.9 Å². The van der Waals surface area contributed by atoms with Crippen LogP contribution in [0.4, 0.5) is 5.69 Å². The van der Waals surface area contributed by atoms with Crippen molar-refractivity contribution in [3.8, 4) is 0 Å². The summed E-state index contributed by atoms with van der Waals surface area (Å²) < 4.78 is 0. The highest BCUT2D eigenvalue weighted by Gasteiger charge is 2.16. The molecule has 1 aliphatic rings. The van der Waals surface area contributed by atoms with Gasteiger partial charge in [-0.05, 0) is 41.7 Å². The molecule has 0 aromatic heterocycles. The van der Waals surface area contributed by atoms with Crippen molar-refractivity contribution in [1.82, 2.24) is 0 Å². The minimum atomic E-state index is 0.812. The Morgan fingerprint density at radius 1 is 1.00 bits per heavy atom. The lowest BCUT2D eigenvalue weighted by atomic mass is 10.0. The first-order valence-corrected chi connectivity index (χ1v) is 8.44. The van der Waals surface area contributed by atoms with Gasteiger partial charge in [0, 0.05) is 29.1 Å². The van der Waals surface area contributed by atoms with E-state index in [1.54, 1.807) is 0 Å². The molecule has 0 unspecified atom stereocenters. The van der Waals surface area contributed by atoms with Crippen molar-refractivity contribution in [1.29, 1.82) is 0 Å². The fraction of sp³-hybridized carbons (Fsp3) is 0.294. The molecule has 0 spiro atoms. The average Bonchev–Trinajstić information content (AvgIpc) is 2.70. The summed E-state index contributed by atoms with van der Waals surface area (Å²) in [4.78, 5) is 2.46. The number of alkyl halides is 1. The summed E-state index contributed by atoms with van der Waals surface area (Å²) in [5, 5.41) is 1.68. The molecule has 3 rings (SSSR count). The highest BCUT2D eigenvalue weighted by Crippen LogP contribution is 2.28. The summed E-state index contributed by atoms with van der Waals surface area (Å²) in [5.41, 5.74) is 5.54. The maximum atomic E-state index is 6.18. The summed E-state index contributed by atoms with van der Waals surface area (Å²) in [5.74, 6) is 0. The Kier molecular flexibility index (Phi) is 4.32. The normalized spacial score (nSPS) is 14.8. The number of fused-ring (bicyclic) bond motifs is 1. The topological polar surface area (TPSA) is 3.24 Å². The van der Waals surface area contributed by atoms with Crippen LogP contribution < -0.4 is 4.90 Å². The first kappa shape index (κ1) is 14.0. The van der Waals surface area contributed by atoms with Crippen LogP contribution in [0.2, 0.25) is 5.02 Å². The highest BCUT2D eigenvalue weighted by molar-refractivity contribution is 9.08. The average molecular weight is 351 g/mol. The van der Waals surface area contributed by atoms with Crippen LogP contribution in [-0.4, -0.2) is 13.1 Å². The Bertz CT molecular complexity index is 585. The Labute approximate surface area is 133 Å². The third-order valence-electron chi connectivity index (χ3n) is 3.95. The van der Waals surface area contributed by atoms with Crippen LogP contribution in [0.3, 0.4) is 0 Å². The van der Waals surface area contributed by atoms with Gasteiger partial charge in [0.05, 0.1) is 0 Å². The molecule has 1 heterocycles. The van der Waals surface area contributed by atoms with E-state index in [0.29, 0.717) is 0 Å². The standard InChI is InChI=1S/C17H17BrClN/c18-12-15-5-6-16(19)11-17(15)20-9-7-13-3-1-2-4-14(13)8-10-20/h1-6,11H,7-10,12H2. The number of benzene rings is 2. The van der Waals surface area contributed by atoms with Crippen molar-refractivity contribution in [2.75, 3.05) is 18.0 Å². The number of rotatable bonds is 2. The fourth-order valence-electron chi connectivity index (χ4n) is 2.85. The van der Waals surface area contributed by atoms with Crippen molar-refractivity contribution >= 4 is 33.2 Å². The predicted molar refractivity (Wildman–Crippen MR) is 90.1 cm³/mol. The number of nitrogens with zero attached hydrogens (tertiary/aromatic N) is 1. The van der Waals surface area contributed by atoms with Crippen molar-refractivity contribution < 1.29 is 0 Å². The molecule has 0 saturated heterocycles. The lowest BCUT2D eigenvalue weighted by Crippen LogP contribution is -2.26. The molecule has 0 fully saturated rings. The van der Waals surface area contributed by atoms with E-state index in [9.17, 15) is 0 Å². The molecule has 20 heavy (non-hydrogen) atoms. The molecule has 2 aromatic carbocycles. The van der Waals surface area contributed by atoms with Crippen LogP contribution in [-0.2, 0) is 18.2 Å². The Balaban J connectivity index is 1.88. The Morgan fingerprint density at radius 3 is 2.25 bits per heavy atom. The third-order valence-corrected chi connectivity index (χ3v) is 4.79. The summed E-state index contributed by atoms with van der Waals surface area (Å²) in [6.45, 7) is 2.11. The van der Waals surface area contributed by atoms with Crippen LogP contribution in [0.25, 0.3) is 0 Å². The van der Waals surface area contributed by atoms with Crippen molar-refractivity contribution in [2.24, 2.45) is 0 Å². The monoisotopic (exact) mass is 349 g/mol. The first-order chi connectivity index (χ1) is 9.78. The lowest BCUT2D eigenvalue weighted by molar-refractivity contribution is 0.802. The quantitative estimate of drug-likeness (QED) is 0.701. The zero-order chi connectivity index (χ0) is 13.9. The van der Waals surface area contributed by atoms with Crippen LogP contribution in [0.1, 0.15) is 16.7 Å². The molecule has 1 aliphatic heterocycles. The lowest BCUT2D eigenvalue weighted by Gasteiger charge is -2.25. The molecule has 0 radical (unpaired) electrons. The van der Waals surface area contributed by atoms with E-state index in [2.05, 4.69) is 57.2 Å². The van der Waals surface area contributed by atoms with Gasteiger partial charge in [0.15, 0.2) is 0 Å². The molecule has 104 valence electrons. The summed E-state index contributed by atoms with van der Waals surface area (Å²) >= 11 is 9.76. The van der Waals surface area contributed by atoms with Crippen molar-refractivity contribution in [2.45, 2.75) is 18.2 Å². The molecule has 0 saturated carbocycles. The van der Waals surface area contributed by atoms with Crippen LogP contribution in [0.15, 0.2) is 42.5 Å². The second-order valence-electron chi connectivity index (χ2n) is 5.16. The van der Waals surface area contributed by atoms with Gasteiger partial charge in [0.2, 0.25) is 0 Å². The molecular formula is C17H17BrClN. The van der Waals surface area contributed by atoms with Crippen molar-refractivity contribution in [3.63, 3.8) is 0 Å². The molecule has 3 heteroatoms. The summed E-state index contributed by atoms with van der Waals surface area (Å²) in [7, 11) is 0. The van der Waals surface area contributed by atoms with Gasteiger partial charge < -0.3 is 4.90 Å². The zero-order valence-electron chi connectivity index (χ0n) is 11.3. The van der Waals surface area contributed by atoms with E-state index in [0.717, 1.165) is 36.3 Å². The minimum Gasteiger partial charge on any atom is -0.371 e. The van der Waals surface area contributed by atoms with Gasteiger partial charge >= 0.3 is 0 Å². The van der Waals surface area contributed by atoms with E-state index in [1.807, 2.05) is 6.07 Å². The molecule has 0 aliphatic carbocycles. The molecule has 0 bridgehead atoms. The Hall–Kier alpha value is -0.990. The molecule has 0 N–H and O–H groups in total. The van der Waals surface area contributed by atoms with Gasteiger partial charge in [-0.25, -0.2) is 0 Å². The van der Waals surface area contributed by atoms with E-state index in [-0.39, 0.29) is 0 Å². The first-order valence-electron chi connectivity index (χ1n) is 6.94. The summed E-state index contributed by atoms with van der Waals surface area (Å²) in [6.07, 6.45) is 2.20. The SMILES string of the molecule is Clc1ccc(CBr)c(N2CCc3ccccc3CC2)c1. The van der Waals surface area contributed by atoms with Crippen molar-refractivity contribution in [3.05, 3.63) is 64.2 Å². The van der Waals surface area contributed by atoms with E-state index < -0.39 is 0 Å². The third kappa shape index (κ3) is 2.87. The van der Waals surface area contributed by atoms with E-state index in [1.165, 1.54) is 22.4 Å². The Morgan fingerprint density at radius 2 is 1.65 bits per heavy atom. The second-order valence-corrected chi connectivity index (χ2v) is 6.16. The molecule has 2 aromatic rings. The van der Waals surface area contributed by atoms with Gasteiger partial charge in [0.1, 0.15) is 0 Å². The number of halogens is 2. The fourth-order valence-corrected chi connectivity index (χ4v) is 3.49. The van der Waals surface area contributed by atoms with E-state index in [4.69, 9.17) is 11.6 Å². The maximum absolute atomic E-state index is 6.18. The molecular weight excluding hydrogens is 334 g/mol. The minimum absolute atomic E-state index is 0.812. The van der Waals surface area contributed by atoms with Crippen LogP contribution >= 0.6 is 27.5 Å². The number of anilines is 1. The number of hydrogen-bond acceptors (Lipinski definition) is 1. The smallest absolute Gasteiger partial charge is 0.0426 e. The molecule has 0 amide bonds. The zero-order valence-corrected chi connectivity index (χ0v) is 13.6. The second kappa shape index (κ2) is 6.19. The maximum Gasteiger partial charge on any atom is 0.0426 e. The van der Waals surface area contributed by atoms with Gasteiger partial charge in [0.25, 0.3) is 0 Å². The molecule has 0 atom stereocenters. The predicted octanol–water partition coefficient (Wildman–Crippen LogP) is 4.84. The van der Waals surface area contributed by atoms with Crippen LogP contribution in [0, 0.1) is 0 Å². The number of hydrogen-bond donors (Lipinski definition) is 0. The molecule has 1 nitrogen and oxygen atoms in total. The van der Waals surface area contributed by atoms with Gasteiger partial charge in [-0.3, -0.25) is 0 Å². The van der Waals surface area contributed by atoms with Gasteiger partial charge in [-0.15, -0.1) is 0 Å². The van der Waals surface area contributed by atoms with Gasteiger partial charge in [-0.2, -0.15) is 0 Å². The van der Waals surface area contributed by atoms with E-state index >= 15 is 0 Å².